The molecule has 0 saturated heterocycles. The normalized spacial score (nSPS) is 16.1. The van der Waals surface area contributed by atoms with Crippen molar-refractivity contribution in [1.82, 2.24) is 4.90 Å². The maximum Gasteiger partial charge on any atom is 0.312 e. The molecule has 1 atom stereocenters. The number of aliphatic carboxylic acids is 1. The van der Waals surface area contributed by atoms with E-state index in [4.69, 9.17) is 4.74 Å². The highest BCUT2D eigenvalue weighted by atomic mass is 16.5. The Balaban J connectivity index is 1.74. The summed E-state index contributed by atoms with van der Waals surface area (Å²) >= 11 is 0. The molecule has 0 bridgehead atoms. The Labute approximate surface area is 153 Å². The first-order chi connectivity index (χ1) is 12.4. The summed E-state index contributed by atoms with van der Waals surface area (Å²) in [6.45, 7) is 6.41. The SMILES string of the molecule is Cc1cc(C)c(OCC(=O)N2Cc3ccccc3C(C(=O)O)C2)c(C)c1. The molecular weight excluding hydrogens is 330 g/mol. The van der Waals surface area contributed by atoms with Crippen LogP contribution < -0.4 is 4.74 Å². The number of aryl methyl sites for hydroxylation is 3. The molecule has 0 saturated carbocycles. The molecule has 136 valence electrons. The van der Waals surface area contributed by atoms with E-state index in [2.05, 4.69) is 0 Å². The van der Waals surface area contributed by atoms with E-state index in [-0.39, 0.29) is 19.1 Å². The number of hydrogen-bond donors (Lipinski definition) is 1. The second-order valence-electron chi connectivity index (χ2n) is 6.88. The Kier molecular flexibility index (Phi) is 4.98. The summed E-state index contributed by atoms with van der Waals surface area (Å²) < 4.78 is 5.78. The first kappa shape index (κ1) is 18.0. The van der Waals surface area contributed by atoms with Crippen LogP contribution >= 0.6 is 0 Å². The molecule has 1 N–H and O–H groups in total. The van der Waals surface area contributed by atoms with Crippen molar-refractivity contribution in [3.05, 3.63) is 64.2 Å². The molecule has 0 radical (unpaired) electrons. The first-order valence-electron chi connectivity index (χ1n) is 8.66. The third kappa shape index (κ3) is 3.57. The molecule has 1 heterocycles. The van der Waals surface area contributed by atoms with Crippen LogP contribution in [-0.2, 0) is 16.1 Å². The molecule has 1 amide bonds. The first-order valence-corrected chi connectivity index (χ1v) is 8.66. The maximum atomic E-state index is 12.6. The Morgan fingerprint density at radius 3 is 2.46 bits per heavy atom. The van der Waals surface area contributed by atoms with Gasteiger partial charge in [0, 0.05) is 13.1 Å². The minimum absolute atomic E-state index is 0.0980. The molecule has 0 aliphatic carbocycles. The van der Waals surface area contributed by atoms with Crippen LogP contribution in [0.2, 0.25) is 0 Å². The average molecular weight is 353 g/mol. The van der Waals surface area contributed by atoms with Gasteiger partial charge in [-0.1, -0.05) is 42.0 Å². The van der Waals surface area contributed by atoms with Crippen LogP contribution in [0, 0.1) is 20.8 Å². The lowest BCUT2D eigenvalue weighted by atomic mass is 9.90. The van der Waals surface area contributed by atoms with Crippen molar-refractivity contribution < 1.29 is 19.4 Å². The molecule has 0 spiro atoms. The van der Waals surface area contributed by atoms with E-state index in [1.165, 1.54) is 0 Å². The highest BCUT2D eigenvalue weighted by Gasteiger charge is 2.32. The van der Waals surface area contributed by atoms with Crippen LogP contribution in [0.3, 0.4) is 0 Å². The lowest BCUT2D eigenvalue weighted by molar-refractivity contribution is -0.142. The van der Waals surface area contributed by atoms with Gasteiger partial charge in [-0.15, -0.1) is 0 Å². The van der Waals surface area contributed by atoms with Gasteiger partial charge in [-0.05, 0) is 43.0 Å². The third-order valence-electron chi connectivity index (χ3n) is 4.79. The molecule has 5 nitrogen and oxygen atoms in total. The van der Waals surface area contributed by atoms with Crippen LogP contribution in [-0.4, -0.2) is 35.0 Å². The number of hydrogen-bond acceptors (Lipinski definition) is 3. The fourth-order valence-corrected chi connectivity index (χ4v) is 3.63. The molecule has 0 aromatic heterocycles. The number of carbonyl (C=O) groups excluding carboxylic acids is 1. The Hall–Kier alpha value is -2.82. The number of nitrogens with zero attached hydrogens (tertiary/aromatic N) is 1. The van der Waals surface area contributed by atoms with Crippen molar-refractivity contribution in [3.8, 4) is 5.75 Å². The van der Waals surface area contributed by atoms with Gasteiger partial charge >= 0.3 is 5.97 Å². The molecule has 26 heavy (non-hydrogen) atoms. The smallest absolute Gasteiger partial charge is 0.312 e. The van der Waals surface area contributed by atoms with Gasteiger partial charge in [0.05, 0.1) is 5.92 Å². The number of benzene rings is 2. The van der Waals surface area contributed by atoms with Gasteiger partial charge in [0.15, 0.2) is 6.61 Å². The van der Waals surface area contributed by atoms with Crippen molar-refractivity contribution in [1.29, 1.82) is 0 Å². The van der Waals surface area contributed by atoms with Gasteiger partial charge in [-0.3, -0.25) is 9.59 Å². The summed E-state index contributed by atoms with van der Waals surface area (Å²) in [7, 11) is 0. The lowest BCUT2D eigenvalue weighted by Gasteiger charge is -2.32. The number of fused-ring (bicyclic) bond motifs is 1. The predicted octanol–water partition coefficient (Wildman–Crippen LogP) is 3.20. The van der Waals surface area contributed by atoms with Crippen molar-refractivity contribution in [2.75, 3.05) is 13.2 Å². The molecule has 1 aliphatic heterocycles. The van der Waals surface area contributed by atoms with Gasteiger partial charge in [-0.2, -0.15) is 0 Å². The van der Waals surface area contributed by atoms with Gasteiger partial charge in [-0.25, -0.2) is 0 Å². The zero-order valence-corrected chi connectivity index (χ0v) is 15.3. The second-order valence-corrected chi connectivity index (χ2v) is 6.88. The largest absolute Gasteiger partial charge is 0.483 e. The Morgan fingerprint density at radius 1 is 1.15 bits per heavy atom. The van der Waals surface area contributed by atoms with E-state index in [0.29, 0.717) is 6.54 Å². The van der Waals surface area contributed by atoms with Gasteiger partial charge in [0.2, 0.25) is 0 Å². The third-order valence-corrected chi connectivity index (χ3v) is 4.79. The number of carboxylic acid groups (broad SMARTS) is 1. The highest BCUT2D eigenvalue weighted by Crippen LogP contribution is 2.29. The minimum Gasteiger partial charge on any atom is -0.483 e. The Bertz CT molecular complexity index is 836. The van der Waals surface area contributed by atoms with E-state index in [1.807, 2.05) is 57.2 Å². The quantitative estimate of drug-likeness (QED) is 0.917. The van der Waals surface area contributed by atoms with Crippen LogP contribution in [0.4, 0.5) is 0 Å². The van der Waals surface area contributed by atoms with Gasteiger partial charge in [0.1, 0.15) is 5.75 Å². The van der Waals surface area contributed by atoms with E-state index in [1.54, 1.807) is 4.90 Å². The number of carboxylic acids is 1. The predicted molar refractivity (Wildman–Crippen MR) is 98.4 cm³/mol. The van der Waals surface area contributed by atoms with Crippen LogP contribution in [0.1, 0.15) is 33.7 Å². The van der Waals surface area contributed by atoms with E-state index in [0.717, 1.165) is 33.6 Å². The van der Waals surface area contributed by atoms with Crippen molar-refractivity contribution in [2.45, 2.75) is 33.2 Å². The molecular formula is C21H23NO4. The summed E-state index contributed by atoms with van der Waals surface area (Å²) in [5.74, 6) is -1.10. The lowest BCUT2D eigenvalue weighted by Crippen LogP contribution is -2.42. The van der Waals surface area contributed by atoms with Crippen molar-refractivity contribution >= 4 is 11.9 Å². The summed E-state index contributed by atoms with van der Waals surface area (Å²) in [5.41, 5.74) is 4.79. The number of amides is 1. The van der Waals surface area contributed by atoms with Crippen LogP contribution in [0.15, 0.2) is 36.4 Å². The number of ether oxygens (including phenoxy) is 1. The fourth-order valence-electron chi connectivity index (χ4n) is 3.63. The molecule has 2 aromatic rings. The summed E-state index contributed by atoms with van der Waals surface area (Å²) in [5, 5.41) is 9.52. The molecule has 0 fully saturated rings. The molecule has 1 unspecified atom stereocenters. The summed E-state index contributed by atoms with van der Waals surface area (Å²) in [6, 6.07) is 11.4. The van der Waals surface area contributed by atoms with E-state index < -0.39 is 11.9 Å². The average Bonchev–Trinajstić information content (AvgIpc) is 2.59. The van der Waals surface area contributed by atoms with Crippen LogP contribution in [0.5, 0.6) is 5.75 Å². The summed E-state index contributed by atoms with van der Waals surface area (Å²) in [4.78, 5) is 25.8. The molecule has 2 aromatic carbocycles. The van der Waals surface area contributed by atoms with Crippen LogP contribution in [0.25, 0.3) is 0 Å². The standard InChI is InChI=1S/C21H23NO4/c1-13-8-14(2)20(15(3)9-13)26-12-19(23)22-10-16-6-4-5-7-17(16)18(11-22)21(24)25/h4-9,18H,10-12H2,1-3H3,(H,24,25). The zero-order valence-electron chi connectivity index (χ0n) is 15.3. The van der Waals surface area contributed by atoms with Crippen molar-refractivity contribution in [3.63, 3.8) is 0 Å². The molecule has 5 heteroatoms. The van der Waals surface area contributed by atoms with E-state index >= 15 is 0 Å². The van der Waals surface area contributed by atoms with Crippen molar-refractivity contribution in [2.24, 2.45) is 0 Å². The zero-order chi connectivity index (χ0) is 18.8. The van der Waals surface area contributed by atoms with Gasteiger partial charge < -0.3 is 14.7 Å². The number of rotatable bonds is 4. The monoisotopic (exact) mass is 353 g/mol. The molecule has 3 rings (SSSR count). The highest BCUT2D eigenvalue weighted by molar-refractivity contribution is 5.82. The summed E-state index contributed by atoms with van der Waals surface area (Å²) in [6.07, 6.45) is 0. The number of carbonyl (C=O) groups is 2. The van der Waals surface area contributed by atoms with Gasteiger partial charge in [0.25, 0.3) is 5.91 Å². The maximum absolute atomic E-state index is 12.6. The van der Waals surface area contributed by atoms with E-state index in [9.17, 15) is 14.7 Å². The fraction of sp³-hybridized carbons (Fsp3) is 0.333. The second kappa shape index (κ2) is 7.20. The Morgan fingerprint density at radius 2 is 1.81 bits per heavy atom. The topological polar surface area (TPSA) is 66.8 Å². The molecule has 1 aliphatic rings. The minimum atomic E-state index is -0.916.